The number of nitrogens with one attached hydrogen (secondary N) is 1. The second-order valence-corrected chi connectivity index (χ2v) is 6.35. The molecule has 146 valence electrons. The molecule has 7 nitrogen and oxygen atoms in total. The van der Waals surface area contributed by atoms with Crippen LogP contribution in [-0.2, 0) is 0 Å². The summed E-state index contributed by atoms with van der Waals surface area (Å²) in [5.74, 6) is 0.346. The molecule has 0 saturated heterocycles. The van der Waals surface area contributed by atoms with Gasteiger partial charge < -0.3 is 14.2 Å². The van der Waals surface area contributed by atoms with Crippen LogP contribution in [0.2, 0.25) is 0 Å². The lowest BCUT2D eigenvalue weighted by Gasteiger charge is -2.13. The smallest absolute Gasteiger partial charge is 0.271 e. The third kappa shape index (κ3) is 2.97. The molecule has 0 aromatic heterocycles. The first kappa shape index (κ1) is 18.5. The normalized spacial score (nSPS) is 13.6. The van der Waals surface area contributed by atoms with Crippen molar-refractivity contribution in [1.82, 2.24) is 5.43 Å². The van der Waals surface area contributed by atoms with Crippen LogP contribution in [0.1, 0.15) is 26.3 Å². The molecule has 3 aromatic rings. The van der Waals surface area contributed by atoms with E-state index in [2.05, 4.69) is 10.5 Å². The molecule has 0 saturated carbocycles. The van der Waals surface area contributed by atoms with Gasteiger partial charge in [0.2, 0.25) is 11.5 Å². The van der Waals surface area contributed by atoms with Crippen molar-refractivity contribution in [2.24, 2.45) is 5.10 Å². The molecular formula is C22H18N2O5. The molecule has 1 amide bonds. The van der Waals surface area contributed by atoms with E-state index in [1.54, 1.807) is 6.07 Å². The molecule has 0 radical (unpaired) electrons. The largest absolute Gasteiger partial charge is 0.493 e. The maximum atomic E-state index is 12.8. The van der Waals surface area contributed by atoms with Crippen molar-refractivity contribution in [1.29, 1.82) is 0 Å². The van der Waals surface area contributed by atoms with Crippen LogP contribution in [0.25, 0.3) is 10.8 Å². The van der Waals surface area contributed by atoms with E-state index in [4.69, 9.17) is 14.2 Å². The highest BCUT2D eigenvalue weighted by molar-refractivity contribution is 6.59. The number of carbonyl (C=O) groups is 2. The van der Waals surface area contributed by atoms with E-state index in [0.29, 0.717) is 28.4 Å². The maximum Gasteiger partial charge on any atom is 0.271 e. The molecule has 0 heterocycles. The summed E-state index contributed by atoms with van der Waals surface area (Å²) in [5, 5.41) is 5.93. The Morgan fingerprint density at radius 3 is 2.10 bits per heavy atom. The first-order valence-electron chi connectivity index (χ1n) is 8.84. The fraction of sp³-hybridized carbons (Fsp3) is 0.136. The Kier molecular flexibility index (Phi) is 4.64. The summed E-state index contributed by atoms with van der Waals surface area (Å²) in [6, 6.07) is 14.2. The van der Waals surface area contributed by atoms with Gasteiger partial charge in [0, 0.05) is 22.1 Å². The number of nitrogens with zero attached hydrogens (tertiary/aromatic N) is 1. The molecular weight excluding hydrogens is 372 g/mol. The molecule has 1 N–H and O–H groups in total. The van der Waals surface area contributed by atoms with Crippen molar-refractivity contribution < 1.29 is 23.8 Å². The maximum absolute atomic E-state index is 12.8. The number of hydrogen-bond donors (Lipinski definition) is 1. The Morgan fingerprint density at radius 2 is 1.52 bits per heavy atom. The van der Waals surface area contributed by atoms with Gasteiger partial charge in [-0.15, -0.1) is 0 Å². The van der Waals surface area contributed by atoms with E-state index in [0.717, 1.165) is 10.8 Å². The summed E-state index contributed by atoms with van der Waals surface area (Å²) in [7, 11) is 4.42. The van der Waals surface area contributed by atoms with Crippen LogP contribution in [0.3, 0.4) is 0 Å². The summed E-state index contributed by atoms with van der Waals surface area (Å²) in [5.41, 5.74) is 4.21. The fourth-order valence-corrected chi connectivity index (χ4v) is 3.47. The molecule has 0 atom stereocenters. The zero-order chi connectivity index (χ0) is 20.5. The van der Waals surface area contributed by atoms with Crippen LogP contribution < -0.4 is 19.6 Å². The summed E-state index contributed by atoms with van der Waals surface area (Å²) >= 11 is 0. The molecule has 0 spiro atoms. The average molecular weight is 390 g/mol. The molecule has 1 aliphatic carbocycles. The topological polar surface area (TPSA) is 86.2 Å². The summed E-state index contributed by atoms with van der Waals surface area (Å²) in [6.07, 6.45) is 0. The Bertz CT molecular complexity index is 1150. The average Bonchev–Trinajstić information content (AvgIpc) is 3.04. The lowest BCUT2D eigenvalue weighted by Crippen LogP contribution is -2.22. The number of ketones is 1. The van der Waals surface area contributed by atoms with E-state index < -0.39 is 5.91 Å². The minimum absolute atomic E-state index is 0.206. The molecule has 0 aliphatic heterocycles. The van der Waals surface area contributed by atoms with Gasteiger partial charge in [-0.2, -0.15) is 5.10 Å². The number of hydrazone groups is 1. The Labute approximate surface area is 166 Å². The van der Waals surface area contributed by atoms with Crippen molar-refractivity contribution in [2.45, 2.75) is 0 Å². The van der Waals surface area contributed by atoms with Gasteiger partial charge in [-0.3, -0.25) is 9.59 Å². The molecule has 7 heteroatoms. The van der Waals surface area contributed by atoms with Crippen LogP contribution in [0.5, 0.6) is 17.2 Å². The Morgan fingerprint density at radius 1 is 0.897 bits per heavy atom. The van der Waals surface area contributed by atoms with Crippen LogP contribution in [0, 0.1) is 0 Å². The highest BCUT2D eigenvalue weighted by Crippen LogP contribution is 2.38. The lowest BCUT2D eigenvalue weighted by atomic mass is 10.1. The fourth-order valence-electron chi connectivity index (χ4n) is 3.47. The number of carbonyl (C=O) groups excluding carboxylic acids is 2. The molecule has 29 heavy (non-hydrogen) atoms. The number of hydrogen-bond acceptors (Lipinski definition) is 6. The van der Waals surface area contributed by atoms with Crippen LogP contribution in [-0.4, -0.2) is 38.7 Å². The summed E-state index contributed by atoms with van der Waals surface area (Å²) < 4.78 is 15.8. The van der Waals surface area contributed by atoms with E-state index >= 15 is 0 Å². The number of rotatable bonds is 5. The van der Waals surface area contributed by atoms with Crippen molar-refractivity contribution in [3.8, 4) is 17.2 Å². The van der Waals surface area contributed by atoms with Gasteiger partial charge in [-0.1, -0.05) is 36.4 Å². The van der Waals surface area contributed by atoms with Gasteiger partial charge in [0.15, 0.2) is 11.5 Å². The number of benzene rings is 3. The van der Waals surface area contributed by atoms with Gasteiger partial charge in [0.05, 0.1) is 21.3 Å². The second-order valence-electron chi connectivity index (χ2n) is 6.35. The van der Waals surface area contributed by atoms with E-state index in [1.165, 1.54) is 33.5 Å². The first-order valence-corrected chi connectivity index (χ1v) is 8.84. The minimum Gasteiger partial charge on any atom is -0.493 e. The standard InChI is InChI=1S/C22H18N2O5/c1-27-16-10-13(11-17(28-2)21(16)29-3)22(26)24-23-19-14-8-4-6-12-7-5-9-15(18(12)14)20(19)25/h4-11H,1-3H3,(H,24,26)/b23-19+. The number of Topliss-reactive ketones (excluding diaryl/α,β-unsaturated/α-hetero) is 1. The second kappa shape index (κ2) is 7.27. The van der Waals surface area contributed by atoms with Crippen molar-refractivity contribution >= 4 is 28.2 Å². The van der Waals surface area contributed by atoms with Crippen molar-refractivity contribution in [3.63, 3.8) is 0 Å². The third-order valence-corrected chi connectivity index (χ3v) is 4.82. The van der Waals surface area contributed by atoms with Gasteiger partial charge in [-0.05, 0) is 17.5 Å². The monoisotopic (exact) mass is 390 g/mol. The summed E-state index contributed by atoms with van der Waals surface area (Å²) in [6.45, 7) is 0. The van der Waals surface area contributed by atoms with E-state index in [1.807, 2.05) is 30.3 Å². The van der Waals surface area contributed by atoms with Crippen molar-refractivity contribution in [3.05, 3.63) is 65.2 Å². The minimum atomic E-state index is -0.507. The van der Waals surface area contributed by atoms with Gasteiger partial charge >= 0.3 is 0 Å². The Balaban J connectivity index is 1.68. The van der Waals surface area contributed by atoms with Gasteiger partial charge in [-0.25, -0.2) is 5.43 Å². The number of methoxy groups -OCH3 is 3. The highest BCUT2D eigenvalue weighted by atomic mass is 16.5. The first-order chi connectivity index (χ1) is 14.1. The van der Waals surface area contributed by atoms with Crippen LogP contribution in [0.4, 0.5) is 0 Å². The zero-order valence-corrected chi connectivity index (χ0v) is 16.1. The van der Waals surface area contributed by atoms with Gasteiger partial charge in [0.25, 0.3) is 5.91 Å². The molecule has 4 rings (SSSR count). The number of amides is 1. The van der Waals surface area contributed by atoms with Crippen LogP contribution in [0.15, 0.2) is 53.6 Å². The third-order valence-electron chi connectivity index (χ3n) is 4.82. The molecule has 0 bridgehead atoms. The predicted molar refractivity (Wildman–Crippen MR) is 108 cm³/mol. The zero-order valence-electron chi connectivity index (χ0n) is 16.1. The highest BCUT2D eigenvalue weighted by Gasteiger charge is 2.29. The summed E-state index contributed by atoms with van der Waals surface area (Å²) in [4.78, 5) is 25.5. The molecule has 1 aliphatic rings. The predicted octanol–water partition coefficient (Wildman–Crippen LogP) is 3.20. The van der Waals surface area contributed by atoms with Crippen molar-refractivity contribution in [2.75, 3.05) is 21.3 Å². The van der Waals surface area contributed by atoms with E-state index in [-0.39, 0.29) is 17.1 Å². The molecule has 0 fully saturated rings. The molecule has 0 unspecified atom stereocenters. The molecule has 3 aromatic carbocycles. The van der Waals surface area contributed by atoms with Crippen LogP contribution >= 0.6 is 0 Å². The Hall–Kier alpha value is -3.87. The lowest BCUT2D eigenvalue weighted by molar-refractivity contribution is 0.0954. The van der Waals surface area contributed by atoms with Gasteiger partial charge in [0.1, 0.15) is 5.71 Å². The number of ether oxygens (including phenoxy) is 3. The SMILES string of the molecule is COc1cc(C(=O)N/N=C2/C(=O)c3cccc4cccc2c34)cc(OC)c1OC. The quantitative estimate of drug-likeness (QED) is 0.676. The van der Waals surface area contributed by atoms with E-state index in [9.17, 15) is 9.59 Å².